The van der Waals surface area contributed by atoms with E-state index in [4.69, 9.17) is 0 Å². The molecule has 5 nitrogen and oxygen atoms in total. The fourth-order valence-corrected chi connectivity index (χ4v) is 3.17. The van der Waals surface area contributed by atoms with Gasteiger partial charge in [0, 0.05) is 44.1 Å². The highest BCUT2D eigenvalue weighted by Crippen LogP contribution is 2.20. The molecule has 2 heterocycles. The fourth-order valence-electron chi connectivity index (χ4n) is 2.47. The van der Waals surface area contributed by atoms with E-state index in [0.717, 1.165) is 44.0 Å². The lowest BCUT2D eigenvalue weighted by Gasteiger charge is -2.35. The summed E-state index contributed by atoms with van der Waals surface area (Å²) in [7, 11) is 0. The van der Waals surface area contributed by atoms with Gasteiger partial charge in [-0.3, -0.25) is 14.6 Å². The minimum atomic E-state index is -0.399. The molecule has 1 atom stereocenters. The normalized spacial score (nSPS) is 18.6. The molecule has 0 radical (unpaired) electrons. The summed E-state index contributed by atoms with van der Waals surface area (Å²) in [5, 5.41) is 15.1. The molecule has 1 aliphatic heterocycles. The van der Waals surface area contributed by atoms with Gasteiger partial charge in [0.25, 0.3) is 0 Å². The van der Waals surface area contributed by atoms with E-state index in [2.05, 4.69) is 22.0 Å². The van der Waals surface area contributed by atoms with Gasteiger partial charge in [-0.15, -0.1) is 11.3 Å². The Morgan fingerprint density at radius 2 is 2.10 bits per heavy atom. The highest BCUT2D eigenvalue weighted by atomic mass is 32.1. The van der Waals surface area contributed by atoms with Crippen LogP contribution in [0.5, 0.6) is 0 Å². The summed E-state index contributed by atoms with van der Waals surface area (Å²) in [6.45, 7) is 7.56. The maximum absolute atomic E-state index is 11.7. The molecule has 1 aromatic heterocycles. The molecule has 0 saturated carbocycles. The van der Waals surface area contributed by atoms with E-state index >= 15 is 0 Å². The lowest BCUT2D eigenvalue weighted by atomic mass is 10.2. The van der Waals surface area contributed by atoms with Crippen molar-refractivity contribution in [1.29, 1.82) is 0 Å². The Kier molecular flexibility index (Phi) is 6.63. The molecule has 6 heteroatoms. The topological polar surface area (TPSA) is 55.8 Å². The van der Waals surface area contributed by atoms with Gasteiger partial charge in [0.1, 0.15) is 6.10 Å². The van der Waals surface area contributed by atoms with E-state index in [1.54, 1.807) is 11.3 Å². The first-order valence-electron chi connectivity index (χ1n) is 7.62. The summed E-state index contributed by atoms with van der Waals surface area (Å²) in [5.41, 5.74) is 0. The van der Waals surface area contributed by atoms with Crippen molar-refractivity contribution in [3.63, 3.8) is 0 Å². The van der Waals surface area contributed by atoms with Crippen LogP contribution in [0, 0.1) is 0 Å². The molecule has 1 fully saturated rings. The first kappa shape index (κ1) is 16.4. The van der Waals surface area contributed by atoms with Crippen LogP contribution in [-0.4, -0.2) is 66.6 Å². The van der Waals surface area contributed by atoms with Crippen LogP contribution in [0.2, 0.25) is 0 Å². The highest BCUT2D eigenvalue weighted by Gasteiger charge is 2.21. The number of rotatable bonds is 7. The van der Waals surface area contributed by atoms with Crippen molar-refractivity contribution in [2.75, 3.05) is 45.8 Å². The number of aliphatic hydroxyl groups excluding tert-OH is 1. The van der Waals surface area contributed by atoms with Crippen molar-refractivity contribution in [3.05, 3.63) is 22.4 Å². The minimum absolute atomic E-state index is 0.115. The largest absolute Gasteiger partial charge is 0.386 e. The van der Waals surface area contributed by atoms with Crippen molar-refractivity contribution in [3.8, 4) is 0 Å². The Balaban J connectivity index is 1.67. The zero-order chi connectivity index (χ0) is 15.1. The van der Waals surface area contributed by atoms with Crippen LogP contribution in [0.4, 0.5) is 0 Å². The second kappa shape index (κ2) is 8.48. The van der Waals surface area contributed by atoms with Gasteiger partial charge < -0.3 is 10.4 Å². The molecule has 1 saturated heterocycles. The summed E-state index contributed by atoms with van der Waals surface area (Å²) >= 11 is 1.60. The van der Waals surface area contributed by atoms with Crippen molar-refractivity contribution in [2.24, 2.45) is 0 Å². The Labute approximate surface area is 130 Å². The molecule has 0 aromatic carbocycles. The number of piperazine rings is 1. The first-order valence-corrected chi connectivity index (χ1v) is 8.50. The molecular formula is C15H25N3O2S. The predicted molar refractivity (Wildman–Crippen MR) is 85.5 cm³/mol. The molecular weight excluding hydrogens is 286 g/mol. The Bertz CT molecular complexity index is 417. The second-order valence-corrected chi connectivity index (χ2v) is 6.44. The number of nitrogens with one attached hydrogen (secondary N) is 1. The number of carbonyl (C=O) groups excluding carboxylic acids is 1. The summed E-state index contributed by atoms with van der Waals surface area (Å²) in [5.74, 6) is 0.115. The Morgan fingerprint density at radius 3 is 2.71 bits per heavy atom. The molecule has 1 unspecified atom stereocenters. The lowest BCUT2D eigenvalue weighted by molar-refractivity contribution is -0.122. The standard InChI is InChI=1S/C15H25N3O2S/c1-2-5-16-15(20)12-18-8-6-17(7-9-18)11-13(19)14-4-3-10-21-14/h3-4,10,13,19H,2,5-9,11-12H2,1H3,(H,16,20). The van der Waals surface area contributed by atoms with Gasteiger partial charge in [-0.25, -0.2) is 0 Å². The predicted octanol–water partition coefficient (Wildman–Crippen LogP) is 0.925. The Morgan fingerprint density at radius 1 is 1.38 bits per heavy atom. The van der Waals surface area contributed by atoms with Crippen LogP contribution in [0.3, 0.4) is 0 Å². The molecule has 2 rings (SSSR count). The van der Waals surface area contributed by atoms with Gasteiger partial charge in [0.05, 0.1) is 6.54 Å². The zero-order valence-corrected chi connectivity index (χ0v) is 13.4. The monoisotopic (exact) mass is 311 g/mol. The summed E-state index contributed by atoms with van der Waals surface area (Å²) in [4.78, 5) is 17.2. The molecule has 1 amide bonds. The number of nitrogens with zero attached hydrogens (tertiary/aromatic N) is 2. The summed E-state index contributed by atoms with van der Waals surface area (Å²) in [6, 6.07) is 3.94. The number of aliphatic hydroxyl groups is 1. The first-order chi connectivity index (χ1) is 10.2. The van der Waals surface area contributed by atoms with Gasteiger partial charge in [-0.1, -0.05) is 13.0 Å². The number of hydrogen-bond acceptors (Lipinski definition) is 5. The van der Waals surface area contributed by atoms with Crippen LogP contribution in [-0.2, 0) is 4.79 Å². The average molecular weight is 311 g/mol. The van der Waals surface area contributed by atoms with Gasteiger partial charge in [-0.2, -0.15) is 0 Å². The van der Waals surface area contributed by atoms with Crippen LogP contribution < -0.4 is 5.32 Å². The molecule has 21 heavy (non-hydrogen) atoms. The SMILES string of the molecule is CCCNC(=O)CN1CCN(CC(O)c2cccs2)CC1. The second-order valence-electron chi connectivity index (χ2n) is 5.46. The molecule has 1 aromatic rings. The molecule has 2 N–H and O–H groups in total. The van der Waals surface area contributed by atoms with Gasteiger partial charge in [-0.05, 0) is 17.9 Å². The smallest absolute Gasteiger partial charge is 0.234 e. The molecule has 0 aliphatic carbocycles. The zero-order valence-electron chi connectivity index (χ0n) is 12.6. The third-order valence-electron chi connectivity index (χ3n) is 3.71. The third kappa shape index (κ3) is 5.39. The minimum Gasteiger partial charge on any atom is -0.386 e. The van der Waals surface area contributed by atoms with Gasteiger partial charge in [0.2, 0.25) is 5.91 Å². The number of β-amino-alcohol motifs (C(OH)–C–C–N with tert-alkyl or cyclic N) is 1. The van der Waals surface area contributed by atoms with Crippen molar-refractivity contribution in [2.45, 2.75) is 19.4 Å². The van der Waals surface area contributed by atoms with Crippen LogP contribution in [0.15, 0.2) is 17.5 Å². The van der Waals surface area contributed by atoms with Gasteiger partial charge >= 0.3 is 0 Å². The Hall–Kier alpha value is -0.950. The lowest BCUT2D eigenvalue weighted by Crippen LogP contribution is -2.50. The van der Waals surface area contributed by atoms with E-state index in [0.29, 0.717) is 13.1 Å². The maximum atomic E-state index is 11.7. The number of amides is 1. The van der Waals surface area contributed by atoms with Crippen molar-refractivity contribution >= 4 is 17.2 Å². The molecule has 0 bridgehead atoms. The average Bonchev–Trinajstić information content (AvgIpc) is 3.01. The number of hydrogen-bond donors (Lipinski definition) is 2. The van der Waals surface area contributed by atoms with Crippen molar-refractivity contribution < 1.29 is 9.90 Å². The third-order valence-corrected chi connectivity index (χ3v) is 4.68. The van der Waals surface area contributed by atoms with Crippen LogP contribution in [0.25, 0.3) is 0 Å². The molecule has 1 aliphatic rings. The van der Waals surface area contributed by atoms with E-state index in [1.807, 2.05) is 17.5 Å². The maximum Gasteiger partial charge on any atom is 0.234 e. The fraction of sp³-hybridized carbons (Fsp3) is 0.667. The number of carbonyl (C=O) groups is 1. The van der Waals surface area contributed by atoms with E-state index in [9.17, 15) is 9.90 Å². The van der Waals surface area contributed by atoms with E-state index < -0.39 is 6.10 Å². The van der Waals surface area contributed by atoms with Crippen molar-refractivity contribution in [1.82, 2.24) is 15.1 Å². The van der Waals surface area contributed by atoms with E-state index in [1.165, 1.54) is 0 Å². The van der Waals surface area contributed by atoms with Crippen LogP contribution in [0.1, 0.15) is 24.3 Å². The van der Waals surface area contributed by atoms with Crippen LogP contribution >= 0.6 is 11.3 Å². The highest BCUT2D eigenvalue weighted by molar-refractivity contribution is 7.10. The van der Waals surface area contributed by atoms with E-state index in [-0.39, 0.29) is 5.91 Å². The summed E-state index contributed by atoms with van der Waals surface area (Å²) < 4.78 is 0. The van der Waals surface area contributed by atoms with Gasteiger partial charge in [0.15, 0.2) is 0 Å². The molecule has 118 valence electrons. The quantitative estimate of drug-likeness (QED) is 0.786. The molecule has 0 spiro atoms. The summed E-state index contributed by atoms with van der Waals surface area (Å²) in [6.07, 6.45) is 0.574. The number of thiophene rings is 1.